The summed E-state index contributed by atoms with van der Waals surface area (Å²) < 4.78 is 22.9. The minimum absolute atomic E-state index is 0.00675. The van der Waals surface area contributed by atoms with E-state index in [1.165, 1.54) is 0 Å². The molecule has 3 aromatic carbocycles. The Bertz CT molecular complexity index is 882. The van der Waals surface area contributed by atoms with E-state index in [9.17, 15) is 0 Å². The van der Waals surface area contributed by atoms with E-state index in [0.29, 0.717) is 23.0 Å². The Labute approximate surface area is 174 Å². The zero-order chi connectivity index (χ0) is 20.1. The molecule has 0 spiro atoms. The summed E-state index contributed by atoms with van der Waals surface area (Å²) in [5, 5.41) is 0. The second-order valence-electron chi connectivity index (χ2n) is 6.21. The molecule has 0 fully saturated rings. The Morgan fingerprint density at radius 1 is 0.536 bits per heavy atom. The lowest BCUT2D eigenvalue weighted by molar-refractivity contribution is 0.354. The van der Waals surface area contributed by atoms with Crippen LogP contribution in [0.15, 0.2) is 65.1 Å². The van der Waals surface area contributed by atoms with Gasteiger partial charge in [-0.05, 0) is 53.1 Å². The molecule has 0 N–H and O–H groups in total. The first-order valence-corrected chi connectivity index (χ1v) is 9.59. The molecule has 146 valence electrons. The second kappa shape index (κ2) is 9.02. The highest BCUT2D eigenvalue weighted by atomic mass is 79.9. The topological polar surface area (TPSA) is 36.9 Å². The number of rotatable bonds is 7. The highest BCUT2D eigenvalue weighted by Gasteiger charge is 2.20. The van der Waals surface area contributed by atoms with Gasteiger partial charge in [-0.3, -0.25) is 0 Å². The van der Waals surface area contributed by atoms with Crippen molar-refractivity contribution in [3.63, 3.8) is 0 Å². The van der Waals surface area contributed by atoms with Crippen LogP contribution in [-0.2, 0) is 0 Å². The number of hydrogen-bond donors (Lipinski definition) is 0. The maximum absolute atomic E-state index is 5.52. The van der Waals surface area contributed by atoms with Crippen LogP contribution in [0.2, 0.25) is 0 Å². The van der Waals surface area contributed by atoms with Gasteiger partial charge in [-0.1, -0.05) is 40.2 Å². The third-order valence-corrected chi connectivity index (χ3v) is 5.21. The molecule has 0 saturated carbocycles. The Morgan fingerprint density at radius 3 is 1.32 bits per heavy atom. The van der Waals surface area contributed by atoms with Gasteiger partial charge in [-0.25, -0.2) is 0 Å². The molecule has 0 aliphatic carbocycles. The van der Waals surface area contributed by atoms with Gasteiger partial charge < -0.3 is 18.9 Å². The van der Waals surface area contributed by atoms with Crippen molar-refractivity contribution in [2.45, 2.75) is 5.92 Å². The van der Waals surface area contributed by atoms with Crippen molar-refractivity contribution in [1.82, 2.24) is 0 Å². The molecule has 0 bridgehead atoms. The van der Waals surface area contributed by atoms with Crippen molar-refractivity contribution in [2.24, 2.45) is 0 Å². The average Bonchev–Trinajstić information content (AvgIpc) is 2.74. The smallest absolute Gasteiger partial charge is 0.161 e. The molecule has 4 nitrogen and oxygen atoms in total. The Morgan fingerprint density at radius 2 is 0.929 bits per heavy atom. The van der Waals surface area contributed by atoms with Crippen LogP contribution in [0.5, 0.6) is 23.0 Å². The minimum atomic E-state index is -0.00675. The molecule has 0 aliphatic heterocycles. The molecule has 0 saturated heterocycles. The maximum atomic E-state index is 5.52. The molecule has 0 aromatic heterocycles. The molecule has 5 heteroatoms. The van der Waals surface area contributed by atoms with Crippen molar-refractivity contribution in [1.29, 1.82) is 0 Å². The summed E-state index contributed by atoms with van der Waals surface area (Å²) in [6.07, 6.45) is 0. The van der Waals surface area contributed by atoms with Gasteiger partial charge in [-0.2, -0.15) is 0 Å². The van der Waals surface area contributed by atoms with Crippen LogP contribution in [0.1, 0.15) is 22.6 Å². The Balaban J connectivity index is 2.17. The largest absolute Gasteiger partial charge is 0.493 e. The Kier molecular flexibility index (Phi) is 6.47. The van der Waals surface area contributed by atoms with Crippen molar-refractivity contribution >= 4 is 15.9 Å². The van der Waals surface area contributed by atoms with Crippen molar-refractivity contribution in [2.75, 3.05) is 28.4 Å². The van der Waals surface area contributed by atoms with E-state index in [1.54, 1.807) is 28.4 Å². The average molecular weight is 443 g/mol. The van der Waals surface area contributed by atoms with Gasteiger partial charge >= 0.3 is 0 Å². The SMILES string of the molecule is COc1ccc(C(c2ccc(Br)cc2)c2ccc(OC)c(OC)c2)cc1OC. The molecule has 0 amide bonds. The van der Waals surface area contributed by atoms with Gasteiger partial charge in [0.25, 0.3) is 0 Å². The molecular weight excluding hydrogens is 420 g/mol. The third-order valence-electron chi connectivity index (χ3n) is 4.69. The molecule has 0 aliphatic rings. The predicted molar refractivity (Wildman–Crippen MR) is 114 cm³/mol. The normalized spacial score (nSPS) is 10.6. The number of halogens is 1. The molecule has 3 aromatic rings. The fraction of sp³-hybridized carbons (Fsp3) is 0.217. The van der Waals surface area contributed by atoms with E-state index in [0.717, 1.165) is 21.2 Å². The zero-order valence-electron chi connectivity index (χ0n) is 16.4. The quantitative estimate of drug-likeness (QED) is 0.442. The first-order valence-electron chi connectivity index (χ1n) is 8.80. The lowest BCUT2D eigenvalue weighted by Gasteiger charge is -2.21. The first kappa shape index (κ1) is 20.1. The summed E-state index contributed by atoms with van der Waals surface area (Å²) in [6, 6.07) is 20.3. The van der Waals surface area contributed by atoms with Gasteiger partial charge in [0, 0.05) is 10.4 Å². The van der Waals surface area contributed by atoms with E-state index >= 15 is 0 Å². The molecule has 0 heterocycles. The van der Waals surface area contributed by atoms with E-state index in [2.05, 4.69) is 40.2 Å². The van der Waals surface area contributed by atoms with E-state index in [-0.39, 0.29) is 5.92 Å². The number of ether oxygens (including phenoxy) is 4. The summed E-state index contributed by atoms with van der Waals surface area (Å²) in [6.45, 7) is 0. The monoisotopic (exact) mass is 442 g/mol. The molecule has 28 heavy (non-hydrogen) atoms. The Hall–Kier alpha value is -2.66. The number of hydrogen-bond acceptors (Lipinski definition) is 4. The predicted octanol–water partition coefficient (Wildman–Crippen LogP) is 5.66. The lowest BCUT2D eigenvalue weighted by atomic mass is 9.85. The van der Waals surface area contributed by atoms with Crippen molar-refractivity contribution in [3.8, 4) is 23.0 Å². The van der Waals surface area contributed by atoms with Gasteiger partial charge in [0.15, 0.2) is 23.0 Å². The highest BCUT2D eigenvalue weighted by molar-refractivity contribution is 9.10. The van der Waals surface area contributed by atoms with Gasteiger partial charge in [0.2, 0.25) is 0 Å². The molecule has 0 unspecified atom stereocenters. The summed E-state index contributed by atoms with van der Waals surface area (Å²) >= 11 is 3.52. The summed E-state index contributed by atoms with van der Waals surface area (Å²) in [7, 11) is 6.56. The third kappa shape index (κ3) is 4.09. The molecular formula is C23H23BrO4. The molecule has 0 radical (unpaired) electrons. The van der Waals surface area contributed by atoms with Gasteiger partial charge in [-0.15, -0.1) is 0 Å². The summed E-state index contributed by atoms with van der Waals surface area (Å²) in [5.74, 6) is 2.79. The van der Waals surface area contributed by atoms with E-state index in [1.807, 2.05) is 36.4 Å². The van der Waals surface area contributed by atoms with Crippen LogP contribution in [-0.4, -0.2) is 28.4 Å². The summed E-state index contributed by atoms with van der Waals surface area (Å²) in [4.78, 5) is 0. The fourth-order valence-corrected chi connectivity index (χ4v) is 3.56. The van der Waals surface area contributed by atoms with Gasteiger partial charge in [0.05, 0.1) is 28.4 Å². The zero-order valence-corrected chi connectivity index (χ0v) is 17.9. The molecule has 3 rings (SSSR count). The van der Waals surface area contributed by atoms with Gasteiger partial charge in [0.1, 0.15) is 0 Å². The minimum Gasteiger partial charge on any atom is -0.493 e. The van der Waals surface area contributed by atoms with Crippen molar-refractivity contribution in [3.05, 3.63) is 81.8 Å². The van der Waals surface area contributed by atoms with Crippen LogP contribution in [0.25, 0.3) is 0 Å². The fourth-order valence-electron chi connectivity index (χ4n) is 3.30. The first-order chi connectivity index (χ1) is 13.6. The van der Waals surface area contributed by atoms with Crippen LogP contribution in [0.3, 0.4) is 0 Å². The molecule has 0 atom stereocenters. The van der Waals surface area contributed by atoms with E-state index in [4.69, 9.17) is 18.9 Å². The van der Waals surface area contributed by atoms with Crippen LogP contribution in [0.4, 0.5) is 0 Å². The van der Waals surface area contributed by atoms with Crippen molar-refractivity contribution < 1.29 is 18.9 Å². The lowest BCUT2D eigenvalue weighted by Crippen LogP contribution is -2.05. The number of benzene rings is 3. The maximum Gasteiger partial charge on any atom is 0.161 e. The van der Waals surface area contributed by atoms with E-state index < -0.39 is 0 Å². The van der Waals surface area contributed by atoms with Crippen LogP contribution >= 0.6 is 15.9 Å². The number of methoxy groups -OCH3 is 4. The van der Waals surface area contributed by atoms with Crippen LogP contribution in [0, 0.1) is 0 Å². The standard InChI is InChI=1S/C23H23BrO4/c1-25-19-11-7-16(13-21(19)27-3)23(15-5-9-18(24)10-6-15)17-8-12-20(26-2)22(14-17)28-4/h5-14,23H,1-4H3. The van der Waals surface area contributed by atoms with Crippen LogP contribution < -0.4 is 18.9 Å². The summed E-state index contributed by atoms with van der Waals surface area (Å²) in [5.41, 5.74) is 3.34. The second-order valence-corrected chi connectivity index (χ2v) is 7.13. The highest BCUT2D eigenvalue weighted by Crippen LogP contribution is 2.40.